The van der Waals surface area contributed by atoms with E-state index in [4.69, 9.17) is 5.26 Å². The Morgan fingerprint density at radius 1 is 1.59 bits per heavy atom. The van der Waals surface area contributed by atoms with Gasteiger partial charge in [0.1, 0.15) is 0 Å². The van der Waals surface area contributed by atoms with E-state index in [-0.39, 0.29) is 5.91 Å². The highest BCUT2D eigenvalue weighted by Crippen LogP contribution is 2.28. The van der Waals surface area contributed by atoms with Gasteiger partial charge in [-0.2, -0.15) is 5.26 Å². The third-order valence-electron chi connectivity index (χ3n) is 2.81. The summed E-state index contributed by atoms with van der Waals surface area (Å²) in [6.45, 7) is 4.24. The van der Waals surface area contributed by atoms with Crippen molar-refractivity contribution in [2.45, 2.75) is 18.9 Å². The minimum absolute atomic E-state index is 0.00972. The predicted molar refractivity (Wildman–Crippen MR) is 65.4 cm³/mol. The van der Waals surface area contributed by atoms with Gasteiger partial charge < -0.3 is 4.90 Å². The number of carbonyl (C=O) groups is 1. The van der Waals surface area contributed by atoms with E-state index in [2.05, 4.69) is 6.58 Å². The van der Waals surface area contributed by atoms with Crippen molar-refractivity contribution in [2.24, 2.45) is 0 Å². The van der Waals surface area contributed by atoms with Gasteiger partial charge in [-0.05, 0) is 31.0 Å². The molecule has 86 valence electrons. The predicted octanol–water partition coefficient (Wildman–Crippen LogP) is 2.35. The molecule has 0 aliphatic heterocycles. The maximum atomic E-state index is 12.3. The molecule has 0 spiro atoms. The van der Waals surface area contributed by atoms with Gasteiger partial charge in [0.2, 0.25) is 0 Å². The molecule has 3 heteroatoms. The van der Waals surface area contributed by atoms with Gasteiger partial charge in [-0.1, -0.05) is 12.1 Å². The molecule has 1 aliphatic carbocycles. The number of amides is 1. The molecule has 1 amide bonds. The average molecular weight is 226 g/mol. The lowest BCUT2D eigenvalue weighted by Crippen LogP contribution is -2.33. The fraction of sp³-hybridized carbons (Fsp3) is 0.286. The highest BCUT2D eigenvalue weighted by atomic mass is 16.2. The number of rotatable bonds is 4. The topological polar surface area (TPSA) is 44.1 Å². The first kappa shape index (κ1) is 11.4. The van der Waals surface area contributed by atoms with Gasteiger partial charge in [0, 0.05) is 18.2 Å². The Labute approximate surface area is 101 Å². The maximum Gasteiger partial charge on any atom is 0.254 e. The standard InChI is InChI=1S/C14H14N2O/c1-2-8-16(13-6-7-13)14(17)12-5-3-4-11(9-12)10-15/h2-5,9,13H,1,6-8H2. The molecule has 17 heavy (non-hydrogen) atoms. The molecule has 1 aromatic rings. The van der Waals surface area contributed by atoms with Crippen LogP contribution in [0.4, 0.5) is 0 Å². The van der Waals surface area contributed by atoms with Crippen LogP contribution in [-0.2, 0) is 0 Å². The van der Waals surface area contributed by atoms with E-state index in [1.54, 1.807) is 30.3 Å². The number of nitriles is 1. The van der Waals surface area contributed by atoms with Gasteiger partial charge in [0.05, 0.1) is 11.6 Å². The molecule has 0 atom stereocenters. The van der Waals surface area contributed by atoms with Crippen molar-refractivity contribution in [1.29, 1.82) is 5.26 Å². The Kier molecular flexibility index (Phi) is 3.24. The van der Waals surface area contributed by atoms with E-state index in [0.29, 0.717) is 23.7 Å². The first-order valence-corrected chi connectivity index (χ1v) is 5.68. The number of benzene rings is 1. The molecule has 1 fully saturated rings. The normalized spacial score (nSPS) is 13.8. The van der Waals surface area contributed by atoms with Crippen molar-refractivity contribution in [3.63, 3.8) is 0 Å². The summed E-state index contributed by atoms with van der Waals surface area (Å²) in [4.78, 5) is 14.1. The summed E-state index contributed by atoms with van der Waals surface area (Å²) < 4.78 is 0. The summed E-state index contributed by atoms with van der Waals surface area (Å²) in [7, 11) is 0. The first-order valence-electron chi connectivity index (χ1n) is 5.68. The van der Waals surface area contributed by atoms with Crippen molar-refractivity contribution in [1.82, 2.24) is 4.90 Å². The van der Waals surface area contributed by atoms with Gasteiger partial charge in [0.15, 0.2) is 0 Å². The molecular weight excluding hydrogens is 212 g/mol. The van der Waals surface area contributed by atoms with E-state index in [1.165, 1.54) is 0 Å². The van der Waals surface area contributed by atoms with Crippen molar-refractivity contribution in [3.8, 4) is 6.07 Å². The third kappa shape index (κ3) is 2.54. The molecule has 1 saturated carbocycles. The largest absolute Gasteiger partial charge is 0.332 e. The Hall–Kier alpha value is -2.08. The van der Waals surface area contributed by atoms with Crippen molar-refractivity contribution >= 4 is 5.91 Å². The minimum atomic E-state index is -0.00972. The van der Waals surface area contributed by atoms with Gasteiger partial charge in [-0.15, -0.1) is 6.58 Å². The fourth-order valence-electron chi connectivity index (χ4n) is 1.81. The van der Waals surface area contributed by atoms with Crippen molar-refractivity contribution in [3.05, 3.63) is 48.0 Å². The molecule has 3 nitrogen and oxygen atoms in total. The van der Waals surface area contributed by atoms with Crippen LogP contribution in [0.25, 0.3) is 0 Å². The second kappa shape index (κ2) is 4.84. The number of nitrogens with zero attached hydrogens (tertiary/aromatic N) is 2. The fourth-order valence-corrected chi connectivity index (χ4v) is 1.81. The molecule has 2 rings (SSSR count). The smallest absolute Gasteiger partial charge is 0.254 e. The monoisotopic (exact) mass is 226 g/mol. The molecule has 0 N–H and O–H groups in total. The molecule has 0 unspecified atom stereocenters. The maximum absolute atomic E-state index is 12.3. The van der Waals surface area contributed by atoms with Crippen molar-refractivity contribution < 1.29 is 4.79 Å². The zero-order valence-corrected chi connectivity index (χ0v) is 9.60. The lowest BCUT2D eigenvalue weighted by Gasteiger charge is -2.20. The number of carbonyl (C=O) groups excluding carboxylic acids is 1. The van der Waals surface area contributed by atoms with Crippen LogP contribution < -0.4 is 0 Å². The van der Waals surface area contributed by atoms with Crippen LogP contribution in [0.3, 0.4) is 0 Å². The second-order valence-corrected chi connectivity index (χ2v) is 4.17. The van der Waals surface area contributed by atoms with Gasteiger partial charge in [-0.3, -0.25) is 4.79 Å². The van der Waals surface area contributed by atoms with Gasteiger partial charge in [-0.25, -0.2) is 0 Å². The van der Waals surface area contributed by atoms with E-state index in [1.807, 2.05) is 11.0 Å². The lowest BCUT2D eigenvalue weighted by atomic mass is 10.1. The Morgan fingerprint density at radius 3 is 2.94 bits per heavy atom. The van der Waals surface area contributed by atoms with Crippen LogP contribution in [0.2, 0.25) is 0 Å². The van der Waals surface area contributed by atoms with Crippen LogP contribution in [0.15, 0.2) is 36.9 Å². The molecule has 0 aromatic heterocycles. The van der Waals surface area contributed by atoms with Crippen LogP contribution >= 0.6 is 0 Å². The molecule has 1 aromatic carbocycles. The molecule has 0 saturated heterocycles. The Morgan fingerprint density at radius 2 is 2.35 bits per heavy atom. The SMILES string of the molecule is C=CCN(C(=O)c1cccc(C#N)c1)C1CC1. The third-order valence-corrected chi connectivity index (χ3v) is 2.81. The van der Waals surface area contributed by atoms with Crippen LogP contribution in [0, 0.1) is 11.3 Å². The zero-order chi connectivity index (χ0) is 12.3. The Bertz CT molecular complexity index is 483. The lowest BCUT2D eigenvalue weighted by molar-refractivity contribution is 0.0762. The number of hydrogen-bond donors (Lipinski definition) is 0. The summed E-state index contributed by atoms with van der Waals surface area (Å²) in [5.74, 6) is -0.00972. The van der Waals surface area contributed by atoms with Crippen LogP contribution in [0.5, 0.6) is 0 Å². The average Bonchev–Trinajstić information content (AvgIpc) is 3.19. The first-order chi connectivity index (χ1) is 8.26. The minimum Gasteiger partial charge on any atom is -0.332 e. The van der Waals surface area contributed by atoms with Crippen molar-refractivity contribution in [2.75, 3.05) is 6.54 Å². The summed E-state index contributed by atoms with van der Waals surface area (Å²) in [5.41, 5.74) is 1.10. The van der Waals surface area contributed by atoms with Crippen LogP contribution in [-0.4, -0.2) is 23.4 Å². The van der Waals surface area contributed by atoms with Gasteiger partial charge in [0.25, 0.3) is 5.91 Å². The highest BCUT2D eigenvalue weighted by molar-refractivity contribution is 5.95. The van der Waals surface area contributed by atoms with E-state index >= 15 is 0 Å². The number of hydrogen-bond acceptors (Lipinski definition) is 2. The molecule has 0 heterocycles. The molecular formula is C14H14N2O. The van der Waals surface area contributed by atoms with Crippen LogP contribution in [0.1, 0.15) is 28.8 Å². The Balaban J connectivity index is 2.22. The summed E-state index contributed by atoms with van der Waals surface area (Å²) in [6, 6.07) is 9.23. The van der Waals surface area contributed by atoms with E-state index in [0.717, 1.165) is 12.8 Å². The highest BCUT2D eigenvalue weighted by Gasteiger charge is 2.32. The quantitative estimate of drug-likeness (QED) is 0.740. The summed E-state index contributed by atoms with van der Waals surface area (Å²) in [6.07, 6.45) is 3.87. The molecule has 1 aliphatic rings. The van der Waals surface area contributed by atoms with E-state index in [9.17, 15) is 4.79 Å². The second-order valence-electron chi connectivity index (χ2n) is 4.17. The van der Waals surface area contributed by atoms with E-state index < -0.39 is 0 Å². The summed E-state index contributed by atoms with van der Waals surface area (Å²) in [5, 5.41) is 8.82. The summed E-state index contributed by atoms with van der Waals surface area (Å²) >= 11 is 0. The molecule has 0 bridgehead atoms. The molecule has 0 radical (unpaired) electrons. The van der Waals surface area contributed by atoms with Gasteiger partial charge >= 0.3 is 0 Å². The zero-order valence-electron chi connectivity index (χ0n) is 9.60.